The topological polar surface area (TPSA) is 43.8 Å². The van der Waals surface area contributed by atoms with E-state index in [1.807, 2.05) is 18.5 Å². The molecule has 106 valence electrons. The minimum atomic E-state index is 0.438. The highest BCUT2D eigenvalue weighted by Gasteiger charge is 2.14. The maximum Gasteiger partial charge on any atom is 0.113 e. The second-order valence-electron chi connectivity index (χ2n) is 4.41. The first-order valence-electron chi connectivity index (χ1n) is 6.77. The lowest BCUT2D eigenvalue weighted by molar-refractivity contribution is 0.807. The summed E-state index contributed by atoms with van der Waals surface area (Å²) >= 11 is 7.02. The van der Waals surface area contributed by atoms with Gasteiger partial charge in [0.2, 0.25) is 0 Å². The fraction of sp³-hybridized carbons (Fsp3) is 0.333. The number of aryl methyl sites for hydroxylation is 1. The molecule has 2 rings (SSSR count). The van der Waals surface area contributed by atoms with Crippen molar-refractivity contribution in [1.29, 1.82) is 0 Å². The highest BCUT2D eigenvalue weighted by Crippen LogP contribution is 2.28. The average molecular weight is 305 g/mol. The van der Waals surface area contributed by atoms with Gasteiger partial charge in [0.25, 0.3) is 0 Å². The fourth-order valence-corrected chi connectivity index (χ4v) is 3.33. The molecule has 20 heavy (non-hydrogen) atoms. The summed E-state index contributed by atoms with van der Waals surface area (Å²) in [7, 11) is 0. The number of imidazole rings is 1. The molecule has 0 radical (unpaired) electrons. The van der Waals surface area contributed by atoms with Crippen molar-refractivity contribution < 1.29 is 0 Å². The van der Waals surface area contributed by atoms with E-state index >= 15 is 0 Å². The van der Waals surface area contributed by atoms with Crippen molar-refractivity contribution in [2.45, 2.75) is 31.6 Å². The van der Waals surface area contributed by atoms with Gasteiger partial charge in [-0.3, -0.25) is 0 Å². The lowest BCUT2D eigenvalue weighted by Gasteiger charge is -2.15. The second-order valence-corrected chi connectivity index (χ2v) is 6.16. The van der Waals surface area contributed by atoms with Crippen molar-refractivity contribution in [3.63, 3.8) is 0 Å². The van der Waals surface area contributed by atoms with Crippen molar-refractivity contribution >= 4 is 29.0 Å². The number of nitrogens with zero attached hydrogens (tertiary/aromatic N) is 2. The third-order valence-electron chi connectivity index (χ3n) is 3.00. The molecule has 0 fully saturated rings. The molecule has 1 heterocycles. The monoisotopic (exact) mass is 305 g/mol. The molecule has 2 aromatic rings. The summed E-state index contributed by atoms with van der Waals surface area (Å²) in [6, 6.07) is 6.17. The quantitative estimate of drug-likeness (QED) is 0.654. The standard InChI is InChI=1S/C15H19N3S2/c1-3-6-13-17-9-10-18(13)11-7-5-8-12(20-4-2)14(11)15(16)19/h5,7-10H,3-4,6H2,1-2H3,(H2,16,19). The van der Waals surface area contributed by atoms with Gasteiger partial charge in [0.15, 0.2) is 0 Å². The maximum atomic E-state index is 5.96. The van der Waals surface area contributed by atoms with E-state index in [0.29, 0.717) is 4.99 Å². The molecule has 0 aliphatic rings. The Labute approximate surface area is 129 Å². The number of benzene rings is 1. The minimum absolute atomic E-state index is 0.438. The second kappa shape index (κ2) is 6.90. The third-order valence-corrected chi connectivity index (χ3v) is 4.15. The summed E-state index contributed by atoms with van der Waals surface area (Å²) < 4.78 is 2.09. The Balaban J connectivity index is 2.58. The van der Waals surface area contributed by atoms with Crippen LogP contribution in [-0.2, 0) is 6.42 Å². The Morgan fingerprint density at radius 2 is 2.20 bits per heavy atom. The Bertz CT molecular complexity index is 605. The molecule has 0 aliphatic carbocycles. The Kier molecular flexibility index (Phi) is 5.20. The van der Waals surface area contributed by atoms with Crippen LogP contribution in [0.5, 0.6) is 0 Å². The lowest BCUT2D eigenvalue weighted by atomic mass is 10.1. The zero-order chi connectivity index (χ0) is 14.5. The summed E-state index contributed by atoms with van der Waals surface area (Å²) in [6.07, 6.45) is 5.80. The van der Waals surface area contributed by atoms with E-state index in [-0.39, 0.29) is 0 Å². The van der Waals surface area contributed by atoms with Gasteiger partial charge >= 0.3 is 0 Å². The summed E-state index contributed by atoms with van der Waals surface area (Å²) in [5.41, 5.74) is 7.93. The molecule has 2 N–H and O–H groups in total. The summed E-state index contributed by atoms with van der Waals surface area (Å²) in [5.74, 6) is 2.04. The number of hydrogen-bond acceptors (Lipinski definition) is 3. The molecule has 0 unspecified atom stereocenters. The molecule has 0 aliphatic heterocycles. The van der Waals surface area contributed by atoms with Gasteiger partial charge in [-0.1, -0.05) is 32.1 Å². The van der Waals surface area contributed by atoms with Gasteiger partial charge in [-0.25, -0.2) is 4.98 Å². The van der Waals surface area contributed by atoms with Crippen LogP contribution in [0.3, 0.4) is 0 Å². The molecule has 1 aromatic carbocycles. The molecule has 0 atom stereocenters. The molecule has 0 saturated heterocycles. The van der Waals surface area contributed by atoms with E-state index in [2.05, 4.69) is 35.5 Å². The number of thioether (sulfide) groups is 1. The Hall–Kier alpha value is -1.33. The first-order valence-corrected chi connectivity index (χ1v) is 8.16. The van der Waals surface area contributed by atoms with Gasteiger partial charge < -0.3 is 10.3 Å². The van der Waals surface area contributed by atoms with E-state index in [1.165, 1.54) is 0 Å². The van der Waals surface area contributed by atoms with Gasteiger partial charge in [-0.15, -0.1) is 11.8 Å². The van der Waals surface area contributed by atoms with Crippen LogP contribution in [0.2, 0.25) is 0 Å². The molecule has 5 heteroatoms. The largest absolute Gasteiger partial charge is 0.389 e. The lowest BCUT2D eigenvalue weighted by Crippen LogP contribution is -2.15. The first kappa shape index (κ1) is 15.1. The van der Waals surface area contributed by atoms with Crippen LogP contribution >= 0.6 is 24.0 Å². The van der Waals surface area contributed by atoms with Gasteiger partial charge in [0.1, 0.15) is 10.8 Å². The fourth-order valence-electron chi connectivity index (χ4n) is 2.21. The SMILES string of the molecule is CCCc1nccn1-c1cccc(SCC)c1C(N)=S. The van der Waals surface area contributed by atoms with Crippen LogP contribution in [0.15, 0.2) is 35.5 Å². The van der Waals surface area contributed by atoms with E-state index in [9.17, 15) is 0 Å². The highest BCUT2D eigenvalue weighted by molar-refractivity contribution is 7.99. The van der Waals surface area contributed by atoms with Gasteiger partial charge in [0, 0.05) is 29.3 Å². The predicted molar refractivity (Wildman–Crippen MR) is 89.8 cm³/mol. The van der Waals surface area contributed by atoms with Crippen LogP contribution in [0.4, 0.5) is 0 Å². The number of thiocarbonyl (C=S) groups is 1. The molecular formula is C15H19N3S2. The van der Waals surface area contributed by atoms with Gasteiger partial charge in [-0.2, -0.15) is 0 Å². The van der Waals surface area contributed by atoms with Crippen LogP contribution in [0, 0.1) is 0 Å². The maximum absolute atomic E-state index is 5.96. The van der Waals surface area contributed by atoms with Crippen molar-refractivity contribution in [3.05, 3.63) is 42.0 Å². The third kappa shape index (κ3) is 3.04. The Morgan fingerprint density at radius 3 is 2.85 bits per heavy atom. The number of aromatic nitrogens is 2. The first-order chi connectivity index (χ1) is 9.69. The summed E-state index contributed by atoms with van der Waals surface area (Å²) in [5, 5.41) is 0. The van der Waals surface area contributed by atoms with E-state index in [1.54, 1.807) is 11.8 Å². The van der Waals surface area contributed by atoms with Crippen molar-refractivity contribution in [2.24, 2.45) is 5.73 Å². The Morgan fingerprint density at radius 1 is 1.40 bits per heavy atom. The molecule has 3 nitrogen and oxygen atoms in total. The number of nitrogens with two attached hydrogens (primary N) is 1. The molecular weight excluding hydrogens is 286 g/mol. The van der Waals surface area contributed by atoms with E-state index in [4.69, 9.17) is 18.0 Å². The van der Waals surface area contributed by atoms with E-state index < -0.39 is 0 Å². The molecule has 0 spiro atoms. The molecule has 0 saturated carbocycles. The highest BCUT2D eigenvalue weighted by atomic mass is 32.2. The van der Waals surface area contributed by atoms with Crippen LogP contribution in [0.1, 0.15) is 31.7 Å². The normalized spacial score (nSPS) is 10.7. The zero-order valence-electron chi connectivity index (χ0n) is 11.8. The van der Waals surface area contributed by atoms with Crippen LogP contribution in [-0.4, -0.2) is 20.3 Å². The van der Waals surface area contributed by atoms with Crippen LogP contribution in [0.25, 0.3) is 5.69 Å². The summed E-state index contributed by atoms with van der Waals surface area (Å²) in [6.45, 7) is 4.28. The minimum Gasteiger partial charge on any atom is -0.389 e. The van der Waals surface area contributed by atoms with Gasteiger partial charge in [0.05, 0.1) is 5.69 Å². The molecule has 0 amide bonds. The molecule has 0 bridgehead atoms. The molecule has 1 aromatic heterocycles. The van der Waals surface area contributed by atoms with Gasteiger partial charge in [-0.05, 0) is 24.3 Å². The average Bonchev–Trinajstić information content (AvgIpc) is 2.87. The number of rotatable bonds is 6. The van der Waals surface area contributed by atoms with Crippen molar-refractivity contribution in [2.75, 3.05) is 5.75 Å². The summed E-state index contributed by atoms with van der Waals surface area (Å²) in [4.78, 5) is 6.00. The zero-order valence-corrected chi connectivity index (χ0v) is 13.4. The van der Waals surface area contributed by atoms with Crippen molar-refractivity contribution in [1.82, 2.24) is 9.55 Å². The number of hydrogen-bond donors (Lipinski definition) is 1. The van der Waals surface area contributed by atoms with Crippen LogP contribution < -0.4 is 5.73 Å². The van der Waals surface area contributed by atoms with Crippen molar-refractivity contribution in [3.8, 4) is 5.69 Å². The smallest absolute Gasteiger partial charge is 0.113 e. The predicted octanol–water partition coefficient (Wildman–Crippen LogP) is 3.57. The van der Waals surface area contributed by atoms with E-state index in [0.717, 1.165) is 40.6 Å².